The summed E-state index contributed by atoms with van der Waals surface area (Å²) in [6, 6.07) is 10.1. The van der Waals surface area contributed by atoms with E-state index in [1.165, 1.54) is 17.7 Å². The Kier molecular flexibility index (Phi) is 7.36. The second kappa shape index (κ2) is 9.50. The Morgan fingerprint density at radius 1 is 0.846 bits per heavy atom. The van der Waals surface area contributed by atoms with Crippen molar-refractivity contribution in [1.29, 1.82) is 0 Å². The van der Waals surface area contributed by atoms with Gasteiger partial charge in [0, 0.05) is 27.2 Å². The van der Waals surface area contributed by atoms with E-state index in [4.69, 9.17) is 0 Å². The molecule has 0 aromatic heterocycles. The van der Waals surface area contributed by atoms with Crippen molar-refractivity contribution in [3.63, 3.8) is 0 Å². The second-order valence-corrected chi connectivity index (χ2v) is 5.95. The molecule has 0 saturated heterocycles. The van der Waals surface area contributed by atoms with Crippen LogP contribution in [0.2, 0.25) is 0 Å². The molecule has 26 heavy (non-hydrogen) atoms. The van der Waals surface area contributed by atoms with Crippen LogP contribution < -0.4 is 20.9 Å². The normalized spacial score (nSPS) is 15.0. The topological polar surface area (TPSA) is 30.5 Å². The van der Waals surface area contributed by atoms with Crippen molar-refractivity contribution < 1.29 is 8.78 Å². The van der Waals surface area contributed by atoms with Gasteiger partial charge >= 0.3 is 0 Å². The average Bonchev–Trinajstić information content (AvgIpc) is 2.65. The lowest BCUT2D eigenvalue weighted by atomic mass is 10.1. The third-order valence-electron chi connectivity index (χ3n) is 4.30. The van der Waals surface area contributed by atoms with E-state index in [1.54, 1.807) is 17.1 Å². The van der Waals surface area contributed by atoms with Crippen molar-refractivity contribution in [3.05, 3.63) is 59.2 Å². The first kappa shape index (κ1) is 20.1. The predicted molar refractivity (Wildman–Crippen MR) is 104 cm³/mol. The van der Waals surface area contributed by atoms with Gasteiger partial charge in [-0.05, 0) is 42.2 Å². The molecule has 0 unspecified atom stereocenters. The maximum absolute atomic E-state index is 13.2. The Labute approximate surface area is 154 Å². The largest absolute Gasteiger partial charge is 0.311 e. The van der Waals surface area contributed by atoms with Crippen molar-refractivity contribution in [2.75, 3.05) is 37.2 Å². The molecular weight excluding hydrogens is 334 g/mol. The van der Waals surface area contributed by atoms with E-state index in [1.807, 2.05) is 45.1 Å². The number of para-hydroxylation sites is 1. The van der Waals surface area contributed by atoms with Gasteiger partial charge in [0.2, 0.25) is 0 Å². The van der Waals surface area contributed by atoms with E-state index in [-0.39, 0.29) is 11.6 Å². The minimum absolute atomic E-state index is 0.151. The second-order valence-electron chi connectivity index (χ2n) is 5.95. The summed E-state index contributed by atoms with van der Waals surface area (Å²) in [6.45, 7) is 5.81. The van der Waals surface area contributed by atoms with Gasteiger partial charge in [-0.15, -0.1) is 0 Å². The van der Waals surface area contributed by atoms with Crippen LogP contribution in [-0.2, 0) is 12.8 Å². The molecule has 2 aromatic rings. The summed E-state index contributed by atoms with van der Waals surface area (Å²) in [4.78, 5) is 0. The summed E-state index contributed by atoms with van der Waals surface area (Å²) in [7, 11) is 3.73. The van der Waals surface area contributed by atoms with Crippen LogP contribution in [0.1, 0.15) is 25.0 Å². The molecule has 2 N–H and O–H groups in total. The molecule has 0 amide bonds. The highest BCUT2D eigenvalue weighted by molar-refractivity contribution is 5.55. The van der Waals surface area contributed by atoms with Crippen LogP contribution in [0.4, 0.5) is 20.2 Å². The minimum Gasteiger partial charge on any atom is -0.311 e. The molecule has 4 nitrogen and oxygen atoms in total. The number of nitrogens with zero attached hydrogens (tertiary/aromatic N) is 2. The number of hydrogen-bond donors (Lipinski definition) is 2. The van der Waals surface area contributed by atoms with Gasteiger partial charge in [-0.25, -0.2) is 19.6 Å². The fourth-order valence-corrected chi connectivity index (χ4v) is 3.08. The van der Waals surface area contributed by atoms with Crippen molar-refractivity contribution in [3.8, 4) is 0 Å². The summed E-state index contributed by atoms with van der Waals surface area (Å²) < 4.78 is 26.1. The molecule has 4 rings (SSSR count). The van der Waals surface area contributed by atoms with Gasteiger partial charge in [-0.2, -0.15) is 0 Å². The molecule has 142 valence electrons. The summed E-state index contributed by atoms with van der Waals surface area (Å²) in [5.41, 5.74) is 10.1. The lowest BCUT2D eigenvalue weighted by Gasteiger charge is -2.28. The highest BCUT2D eigenvalue weighted by atomic mass is 19.1. The highest BCUT2D eigenvalue weighted by Gasteiger charge is 2.16. The molecule has 2 aliphatic rings. The monoisotopic (exact) mass is 362 g/mol. The van der Waals surface area contributed by atoms with Crippen LogP contribution in [0.3, 0.4) is 0 Å². The number of rotatable bonds is 0. The SMILES string of the molecule is CC.CN1NCCc2ccc(F)cc21.CN1NCCc2cccc(F)c21. The molecule has 2 aromatic carbocycles. The number of anilines is 2. The standard InChI is InChI=1S/2C9H11FN2.C2H6/c1-12-9-6-8(10)3-2-7(9)4-5-11-12;1-12-9-7(5-6-11-12)3-2-4-8(9)10;1-2/h2-3,6,11H,4-5H2,1H3;2-4,11H,5-6H2,1H3;1-2H3. The first-order valence-electron chi connectivity index (χ1n) is 9.06. The van der Waals surface area contributed by atoms with Gasteiger partial charge in [0.1, 0.15) is 11.6 Å². The Hall–Kier alpha value is -2.18. The van der Waals surface area contributed by atoms with Crippen molar-refractivity contribution in [2.24, 2.45) is 0 Å². The molecule has 0 spiro atoms. The Balaban J connectivity index is 0.000000171. The van der Waals surface area contributed by atoms with Gasteiger partial charge in [-0.1, -0.05) is 32.0 Å². The predicted octanol–water partition coefficient (Wildman–Crippen LogP) is 3.67. The molecule has 0 bridgehead atoms. The summed E-state index contributed by atoms with van der Waals surface area (Å²) in [5, 5.41) is 3.61. The van der Waals surface area contributed by atoms with Crippen LogP contribution in [0, 0.1) is 11.6 Å². The lowest BCUT2D eigenvalue weighted by Crippen LogP contribution is -2.40. The van der Waals surface area contributed by atoms with Gasteiger partial charge in [0.15, 0.2) is 0 Å². The number of halogens is 2. The molecule has 0 atom stereocenters. The average molecular weight is 362 g/mol. The number of benzene rings is 2. The molecule has 0 saturated carbocycles. The van der Waals surface area contributed by atoms with Crippen LogP contribution in [0.25, 0.3) is 0 Å². The van der Waals surface area contributed by atoms with E-state index in [0.29, 0.717) is 5.69 Å². The maximum atomic E-state index is 13.2. The van der Waals surface area contributed by atoms with Crippen LogP contribution in [0.15, 0.2) is 36.4 Å². The van der Waals surface area contributed by atoms with E-state index in [9.17, 15) is 8.78 Å². The van der Waals surface area contributed by atoms with E-state index in [2.05, 4.69) is 10.9 Å². The van der Waals surface area contributed by atoms with Gasteiger partial charge in [-0.3, -0.25) is 0 Å². The smallest absolute Gasteiger partial charge is 0.148 e. The maximum Gasteiger partial charge on any atom is 0.148 e. The zero-order chi connectivity index (χ0) is 19.1. The molecule has 0 fully saturated rings. The lowest BCUT2D eigenvalue weighted by molar-refractivity contribution is 0.579. The Morgan fingerprint density at radius 3 is 2.19 bits per heavy atom. The molecule has 6 heteroatoms. The van der Waals surface area contributed by atoms with Crippen LogP contribution >= 0.6 is 0 Å². The van der Waals surface area contributed by atoms with Crippen molar-refractivity contribution in [1.82, 2.24) is 10.9 Å². The van der Waals surface area contributed by atoms with Gasteiger partial charge in [0.25, 0.3) is 0 Å². The quantitative estimate of drug-likeness (QED) is 0.749. The van der Waals surface area contributed by atoms with E-state index in [0.717, 1.165) is 37.2 Å². The first-order valence-corrected chi connectivity index (χ1v) is 9.06. The minimum atomic E-state index is -0.177. The fourth-order valence-electron chi connectivity index (χ4n) is 3.08. The number of nitrogens with one attached hydrogen (secondary N) is 2. The first-order chi connectivity index (χ1) is 12.6. The van der Waals surface area contributed by atoms with Gasteiger partial charge in [0.05, 0.1) is 11.4 Å². The molecule has 0 aliphatic carbocycles. The van der Waals surface area contributed by atoms with E-state index >= 15 is 0 Å². The number of hydrogen-bond acceptors (Lipinski definition) is 4. The molecule has 0 radical (unpaired) electrons. The highest BCUT2D eigenvalue weighted by Crippen LogP contribution is 2.25. The zero-order valence-electron chi connectivity index (χ0n) is 15.9. The summed E-state index contributed by atoms with van der Waals surface area (Å²) in [6.07, 6.45) is 1.87. The molecular formula is C20H28F2N4. The summed E-state index contributed by atoms with van der Waals surface area (Å²) in [5.74, 6) is -0.327. The van der Waals surface area contributed by atoms with Crippen LogP contribution in [0.5, 0.6) is 0 Å². The van der Waals surface area contributed by atoms with Crippen LogP contribution in [-0.4, -0.2) is 27.2 Å². The third-order valence-corrected chi connectivity index (χ3v) is 4.30. The van der Waals surface area contributed by atoms with Crippen molar-refractivity contribution >= 4 is 11.4 Å². The third kappa shape index (κ3) is 4.71. The van der Waals surface area contributed by atoms with Gasteiger partial charge < -0.3 is 10.0 Å². The summed E-state index contributed by atoms with van der Waals surface area (Å²) >= 11 is 0. The number of hydrazine groups is 2. The Morgan fingerprint density at radius 2 is 1.50 bits per heavy atom. The zero-order valence-corrected chi connectivity index (χ0v) is 15.9. The number of fused-ring (bicyclic) bond motifs is 2. The fraction of sp³-hybridized carbons (Fsp3) is 0.400. The van der Waals surface area contributed by atoms with E-state index < -0.39 is 0 Å². The Bertz CT molecular complexity index is 721. The van der Waals surface area contributed by atoms with Crippen molar-refractivity contribution in [2.45, 2.75) is 26.7 Å². The molecule has 2 aliphatic heterocycles. The molecule has 2 heterocycles.